The molecule has 0 unspecified atom stereocenters. The van der Waals surface area contributed by atoms with Gasteiger partial charge in [-0.05, 0) is 43.9 Å². The summed E-state index contributed by atoms with van der Waals surface area (Å²) in [5.74, 6) is 0. The summed E-state index contributed by atoms with van der Waals surface area (Å²) in [6.45, 7) is 22.7. The molecule has 0 spiro atoms. The van der Waals surface area contributed by atoms with E-state index in [0.717, 1.165) is 11.1 Å². The van der Waals surface area contributed by atoms with E-state index in [-0.39, 0.29) is 21.7 Å². The van der Waals surface area contributed by atoms with Gasteiger partial charge in [-0.3, -0.25) is 0 Å². The van der Waals surface area contributed by atoms with Gasteiger partial charge in [0.05, 0.1) is 12.1 Å². The Hall–Kier alpha value is -1.64. The summed E-state index contributed by atoms with van der Waals surface area (Å²) in [7, 11) is 0. The molecule has 166 valence electrons. The van der Waals surface area contributed by atoms with Crippen LogP contribution in [0.1, 0.15) is 104 Å². The molecule has 0 saturated heterocycles. The molecule has 30 heavy (non-hydrogen) atoms. The fourth-order valence-corrected chi connectivity index (χ4v) is 3.47. The molecule has 0 amide bonds. The Balaban J connectivity index is 2.23. The summed E-state index contributed by atoms with van der Waals surface area (Å²) < 4.78 is 0. The van der Waals surface area contributed by atoms with Crippen molar-refractivity contribution in [1.29, 1.82) is 0 Å². The molecule has 2 aromatic rings. The second-order valence-electron chi connectivity index (χ2n) is 12.0. The zero-order valence-corrected chi connectivity index (χ0v) is 20.8. The first kappa shape index (κ1) is 24.6. The van der Waals surface area contributed by atoms with Crippen LogP contribution in [0.3, 0.4) is 0 Å². The molecule has 0 aliphatic carbocycles. The third-order valence-corrected chi connectivity index (χ3v) is 8.08. The van der Waals surface area contributed by atoms with Gasteiger partial charge in [0.2, 0.25) is 0 Å². The van der Waals surface area contributed by atoms with Crippen molar-refractivity contribution in [3.05, 3.63) is 70.8 Å². The summed E-state index contributed by atoms with van der Waals surface area (Å²) in [5.41, 5.74) is 11.2. The summed E-state index contributed by atoms with van der Waals surface area (Å²) in [4.78, 5) is 0. The van der Waals surface area contributed by atoms with Crippen LogP contribution >= 0.6 is 0 Å². The minimum Gasteiger partial charge on any atom is -0.386 e. The van der Waals surface area contributed by atoms with Crippen molar-refractivity contribution >= 4 is 0 Å². The molecule has 0 fully saturated rings. The lowest BCUT2D eigenvalue weighted by molar-refractivity contribution is 0.146. The van der Waals surface area contributed by atoms with Gasteiger partial charge in [0.25, 0.3) is 0 Å². The normalized spacial score (nSPS) is 15.7. The number of benzene rings is 2. The van der Waals surface area contributed by atoms with Crippen molar-refractivity contribution in [2.45, 2.75) is 92.2 Å². The van der Waals surface area contributed by atoms with E-state index in [9.17, 15) is 5.11 Å². The molecule has 0 bridgehead atoms. The van der Waals surface area contributed by atoms with Crippen LogP contribution in [0.4, 0.5) is 0 Å². The van der Waals surface area contributed by atoms with Crippen molar-refractivity contribution in [2.75, 3.05) is 0 Å². The quantitative estimate of drug-likeness (QED) is 0.555. The van der Waals surface area contributed by atoms with Gasteiger partial charge < -0.3 is 10.8 Å². The highest BCUT2D eigenvalue weighted by Gasteiger charge is 2.35. The van der Waals surface area contributed by atoms with E-state index in [4.69, 9.17) is 5.73 Å². The molecule has 0 aliphatic rings. The summed E-state index contributed by atoms with van der Waals surface area (Å²) in [5, 5.41) is 10.9. The lowest BCUT2D eigenvalue weighted by Gasteiger charge is -2.39. The van der Waals surface area contributed by atoms with Crippen LogP contribution in [0, 0.1) is 10.8 Å². The third-order valence-electron chi connectivity index (χ3n) is 8.08. The van der Waals surface area contributed by atoms with Gasteiger partial charge in [-0.25, -0.2) is 0 Å². The van der Waals surface area contributed by atoms with Crippen LogP contribution in [0.25, 0.3) is 0 Å². The molecule has 2 heteroatoms. The van der Waals surface area contributed by atoms with E-state index in [1.54, 1.807) is 0 Å². The standard InChI is InChI=1S/C28H43NO/c1-25(2,3)27(7,8)21-15-11-19(12-16-21)23(29)24(30)20-13-17-22(18-14-20)28(9,10)26(4,5)6/h11-18,23-24,30H,29H2,1-10H3/t23-,24+/m0/s1. The van der Waals surface area contributed by atoms with Crippen LogP contribution < -0.4 is 5.73 Å². The molecule has 0 aliphatic heterocycles. The molecule has 0 saturated carbocycles. The smallest absolute Gasteiger partial charge is 0.0982 e. The maximum Gasteiger partial charge on any atom is 0.0982 e. The molecule has 3 N–H and O–H groups in total. The van der Waals surface area contributed by atoms with Crippen LogP contribution in [-0.2, 0) is 10.8 Å². The lowest BCUT2D eigenvalue weighted by Crippen LogP contribution is -2.34. The molecule has 0 aromatic heterocycles. The molecule has 2 nitrogen and oxygen atoms in total. The van der Waals surface area contributed by atoms with Gasteiger partial charge in [-0.1, -0.05) is 118 Å². The Labute approximate surface area is 184 Å². The third kappa shape index (κ3) is 4.65. The maximum atomic E-state index is 10.9. The second kappa shape index (κ2) is 8.13. The van der Waals surface area contributed by atoms with Crippen LogP contribution in [0.5, 0.6) is 0 Å². The predicted octanol–water partition coefficient (Wildman–Crippen LogP) is 7.07. The first-order valence-corrected chi connectivity index (χ1v) is 11.1. The van der Waals surface area contributed by atoms with Gasteiger partial charge in [-0.2, -0.15) is 0 Å². The largest absolute Gasteiger partial charge is 0.386 e. The van der Waals surface area contributed by atoms with Crippen molar-refractivity contribution in [3.63, 3.8) is 0 Å². The topological polar surface area (TPSA) is 46.2 Å². The molecule has 2 aromatic carbocycles. The van der Waals surface area contributed by atoms with Gasteiger partial charge in [0, 0.05) is 0 Å². The Morgan fingerprint density at radius 2 is 0.867 bits per heavy atom. The summed E-state index contributed by atoms with van der Waals surface area (Å²) >= 11 is 0. The Morgan fingerprint density at radius 1 is 0.567 bits per heavy atom. The zero-order chi connectivity index (χ0) is 23.1. The Morgan fingerprint density at radius 3 is 1.17 bits per heavy atom. The Kier molecular flexibility index (Phi) is 6.67. The molecular formula is C28H43NO. The highest BCUT2D eigenvalue weighted by Crippen LogP contribution is 2.42. The van der Waals surface area contributed by atoms with E-state index in [2.05, 4.69) is 106 Å². The molecule has 2 rings (SSSR count). The van der Waals surface area contributed by atoms with E-state index in [0.29, 0.717) is 0 Å². The van der Waals surface area contributed by atoms with Crippen molar-refractivity contribution < 1.29 is 5.11 Å². The first-order chi connectivity index (χ1) is 13.5. The first-order valence-electron chi connectivity index (χ1n) is 11.1. The lowest BCUT2D eigenvalue weighted by atomic mass is 9.65. The average molecular weight is 410 g/mol. The van der Waals surface area contributed by atoms with Crippen LogP contribution in [0.2, 0.25) is 0 Å². The fraction of sp³-hybridized carbons (Fsp3) is 0.571. The van der Waals surface area contributed by atoms with Gasteiger partial charge in [0.1, 0.15) is 0 Å². The predicted molar refractivity (Wildman–Crippen MR) is 130 cm³/mol. The monoisotopic (exact) mass is 409 g/mol. The van der Waals surface area contributed by atoms with Gasteiger partial charge in [0.15, 0.2) is 0 Å². The number of aliphatic hydroxyl groups is 1. The summed E-state index contributed by atoms with van der Waals surface area (Å²) in [6, 6.07) is 16.3. The van der Waals surface area contributed by atoms with Gasteiger partial charge in [-0.15, -0.1) is 0 Å². The van der Waals surface area contributed by atoms with Crippen molar-refractivity contribution in [1.82, 2.24) is 0 Å². The fourth-order valence-electron chi connectivity index (χ4n) is 3.47. The van der Waals surface area contributed by atoms with E-state index in [1.807, 2.05) is 12.1 Å². The van der Waals surface area contributed by atoms with E-state index < -0.39 is 12.1 Å². The molecule has 0 radical (unpaired) electrons. The molecule has 0 heterocycles. The van der Waals surface area contributed by atoms with E-state index >= 15 is 0 Å². The number of hydrogen-bond acceptors (Lipinski definition) is 2. The number of aliphatic hydroxyl groups excluding tert-OH is 1. The highest BCUT2D eigenvalue weighted by molar-refractivity contribution is 5.35. The Bertz CT molecular complexity index is 757. The maximum absolute atomic E-state index is 10.9. The average Bonchev–Trinajstić information content (AvgIpc) is 2.65. The molecular weight excluding hydrogens is 366 g/mol. The SMILES string of the molecule is CC(C)(C)C(C)(C)c1ccc([C@@H](O)[C@@H](N)c2ccc(C(C)(C)C(C)(C)C)cc2)cc1. The van der Waals surface area contributed by atoms with Crippen LogP contribution in [-0.4, -0.2) is 5.11 Å². The van der Waals surface area contributed by atoms with Crippen molar-refractivity contribution in [2.24, 2.45) is 16.6 Å². The van der Waals surface area contributed by atoms with E-state index in [1.165, 1.54) is 11.1 Å². The molecule has 2 atom stereocenters. The minimum atomic E-state index is -0.738. The van der Waals surface area contributed by atoms with Gasteiger partial charge >= 0.3 is 0 Å². The number of rotatable bonds is 5. The number of hydrogen-bond donors (Lipinski definition) is 2. The minimum absolute atomic E-state index is 0.0360. The van der Waals surface area contributed by atoms with Crippen molar-refractivity contribution in [3.8, 4) is 0 Å². The highest BCUT2D eigenvalue weighted by atomic mass is 16.3. The second-order valence-corrected chi connectivity index (χ2v) is 12.0. The summed E-state index contributed by atoms with van der Waals surface area (Å²) in [6.07, 6.45) is -0.738. The van der Waals surface area contributed by atoms with Crippen LogP contribution in [0.15, 0.2) is 48.5 Å². The number of nitrogens with two attached hydrogens (primary N) is 1. The zero-order valence-electron chi connectivity index (χ0n) is 20.8.